The second kappa shape index (κ2) is 7.64. The fourth-order valence-corrected chi connectivity index (χ4v) is 3.14. The number of guanidine groups is 1. The smallest absolute Gasteiger partial charge is 0.191 e. The number of nitrogens with one attached hydrogen (secondary N) is 2. The van der Waals surface area contributed by atoms with Crippen LogP contribution in [0.2, 0.25) is 0 Å². The van der Waals surface area contributed by atoms with E-state index in [9.17, 15) is 8.42 Å². The Morgan fingerprint density at radius 1 is 1.32 bits per heavy atom. The average molecular weight is 333 g/mol. The predicted octanol–water partition coefficient (Wildman–Crippen LogP) is 1.32. The van der Waals surface area contributed by atoms with Crippen LogP contribution >= 0.6 is 0 Å². The van der Waals surface area contributed by atoms with E-state index in [1.807, 2.05) is 6.92 Å². The van der Waals surface area contributed by atoms with Crippen LogP contribution in [-0.2, 0) is 14.6 Å². The molecule has 7 heteroatoms. The third kappa shape index (κ3) is 5.76. The lowest BCUT2D eigenvalue weighted by atomic mass is 10.0. The highest BCUT2D eigenvalue weighted by atomic mass is 32.2. The summed E-state index contributed by atoms with van der Waals surface area (Å²) in [6.45, 7) is 11.7. The molecule has 2 N–H and O–H groups in total. The Bertz CT molecular complexity index is 475. The molecule has 1 aliphatic rings. The van der Waals surface area contributed by atoms with Crippen LogP contribution in [0.3, 0.4) is 0 Å². The summed E-state index contributed by atoms with van der Waals surface area (Å²) in [4.78, 5) is 4.52. The van der Waals surface area contributed by atoms with Gasteiger partial charge in [0.15, 0.2) is 15.8 Å². The molecule has 0 radical (unpaired) electrons. The van der Waals surface area contributed by atoms with Crippen molar-refractivity contribution in [1.29, 1.82) is 0 Å². The minimum absolute atomic E-state index is 0.0919. The van der Waals surface area contributed by atoms with Gasteiger partial charge < -0.3 is 15.4 Å². The molecule has 1 rings (SSSR count). The van der Waals surface area contributed by atoms with Gasteiger partial charge in [0.2, 0.25) is 0 Å². The van der Waals surface area contributed by atoms with Gasteiger partial charge in [0.1, 0.15) is 0 Å². The van der Waals surface area contributed by atoms with E-state index in [2.05, 4.69) is 22.5 Å². The number of nitrogens with zero attached hydrogens (tertiary/aromatic N) is 1. The van der Waals surface area contributed by atoms with E-state index < -0.39 is 14.6 Å². The summed E-state index contributed by atoms with van der Waals surface area (Å²) < 4.78 is 29.2. The zero-order valence-electron chi connectivity index (χ0n) is 14.5. The molecule has 0 spiro atoms. The summed E-state index contributed by atoms with van der Waals surface area (Å²) in [5, 5.41) is 6.23. The topological polar surface area (TPSA) is 79.8 Å². The van der Waals surface area contributed by atoms with Crippen LogP contribution in [0, 0.1) is 0 Å². The molecule has 1 heterocycles. The van der Waals surface area contributed by atoms with Crippen LogP contribution in [0.15, 0.2) is 4.99 Å². The second-order valence-electron chi connectivity index (χ2n) is 6.96. The molecule has 130 valence electrons. The summed E-state index contributed by atoms with van der Waals surface area (Å²) >= 11 is 0. The monoisotopic (exact) mass is 333 g/mol. The van der Waals surface area contributed by atoms with Crippen molar-refractivity contribution in [2.24, 2.45) is 4.99 Å². The number of ether oxygens (including phenoxy) is 1. The lowest BCUT2D eigenvalue weighted by molar-refractivity contribution is 0.0283. The maximum absolute atomic E-state index is 12.1. The Hall–Kier alpha value is -0.820. The van der Waals surface area contributed by atoms with Gasteiger partial charge in [-0.1, -0.05) is 0 Å². The van der Waals surface area contributed by atoms with Crippen molar-refractivity contribution in [3.8, 4) is 0 Å². The van der Waals surface area contributed by atoms with Crippen LogP contribution in [0.25, 0.3) is 0 Å². The summed E-state index contributed by atoms with van der Waals surface area (Å²) in [5.41, 5.74) is -0.195. The Balaban J connectivity index is 2.54. The van der Waals surface area contributed by atoms with Gasteiger partial charge in [-0.25, -0.2) is 8.42 Å². The number of hydrogen-bond acceptors (Lipinski definition) is 4. The maximum Gasteiger partial charge on any atom is 0.191 e. The van der Waals surface area contributed by atoms with E-state index in [1.165, 1.54) is 0 Å². The molecular formula is C15H31N3O3S. The molecular weight excluding hydrogens is 302 g/mol. The number of rotatable bonds is 6. The van der Waals surface area contributed by atoms with Crippen LogP contribution in [0.4, 0.5) is 0 Å². The molecule has 0 amide bonds. The molecule has 0 aromatic heterocycles. The van der Waals surface area contributed by atoms with E-state index in [0.29, 0.717) is 19.0 Å². The Morgan fingerprint density at radius 3 is 2.50 bits per heavy atom. The van der Waals surface area contributed by atoms with Gasteiger partial charge >= 0.3 is 0 Å². The van der Waals surface area contributed by atoms with Crippen molar-refractivity contribution in [3.05, 3.63) is 0 Å². The minimum Gasteiger partial charge on any atom is -0.373 e. The first-order valence-electron chi connectivity index (χ1n) is 7.98. The molecule has 1 unspecified atom stereocenters. The molecule has 0 aromatic rings. The fourth-order valence-electron chi connectivity index (χ4n) is 2.16. The first-order chi connectivity index (χ1) is 10.1. The van der Waals surface area contributed by atoms with Crippen molar-refractivity contribution >= 4 is 15.8 Å². The predicted molar refractivity (Wildman–Crippen MR) is 91.1 cm³/mol. The van der Waals surface area contributed by atoms with Crippen molar-refractivity contribution < 1.29 is 13.2 Å². The molecule has 1 fully saturated rings. The van der Waals surface area contributed by atoms with E-state index in [1.54, 1.807) is 20.8 Å². The highest BCUT2D eigenvalue weighted by molar-refractivity contribution is 7.92. The lowest BCUT2D eigenvalue weighted by Crippen LogP contribution is -2.42. The molecule has 0 bridgehead atoms. The van der Waals surface area contributed by atoms with Gasteiger partial charge in [0.05, 0.1) is 22.6 Å². The van der Waals surface area contributed by atoms with E-state index in [4.69, 9.17) is 4.74 Å². The standard InChI is InChI=1S/C15H31N3O3S/c1-6-16-13(18-12-15(5)8-7-10-21-15)17-9-11-22(19,20)14(2,3)4/h6-12H2,1-5H3,(H2,16,17,18). The van der Waals surface area contributed by atoms with Gasteiger partial charge in [-0.2, -0.15) is 0 Å². The summed E-state index contributed by atoms with van der Waals surface area (Å²) in [6, 6.07) is 0. The molecule has 6 nitrogen and oxygen atoms in total. The quantitative estimate of drug-likeness (QED) is 0.566. The van der Waals surface area contributed by atoms with Crippen LogP contribution in [-0.4, -0.2) is 56.7 Å². The Labute approximate surface area is 135 Å². The molecule has 0 saturated carbocycles. The van der Waals surface area contributed by atoms with Crippen molar-refractivity contribution in [2.45, 2.75) is 57.8 Å². The zero-order chi connectivity index (χ0) is 16.9. The first-order valence-corrected chi connectivity index (χ1v) is 9.63. The summed E-state index contributed by atoms with van der Waals surface area (Å²) in [7, 11) is -3.12. The number of aliphatic imine (C=N–C) groups is 1. The number of sulfone groups is 1. The zero-order valence-corrected chi connectivity index (χ0v) is 15.3. The van der Waals surface area contributed by atoms with Gasteiger partial charge in [-0.05, 0) is 47.5 Å². The minimum atomic E-state index is -3.12. The molecule has 1 atom stereocenters. The van der Waals surface area contributed by atoms with Crippen LogP contribution < -0.4 is 10.6 Å². The van der Waals surface area contributed by atoms with E-state index in [-0.39, 0.29) is 11.4 Å². The highest BCUT2D eigenvalue weighted by Crippen LogP contribution is 2.25. The Morgan fingerprint density at radius 2 is 2.00 bits per heavy atom. The highest BCUT2D eigenvalue weighted by Gasteiger charge is 2.30. The fraction of sp³-hybridized carbons (Fsp3) is 0.933. The van der Waals surface area contributed by atoms with Crippen molar-refractivity contribution in [1.82, 2.24) is 10.6 Å². The van der Waals surface area contributed by atoms with Crippen LogP contribution in [0.1, 0.15) is 47.5 Å². The number of hydrogen-bond donors (Lipinski definition) is 2. The molecule has 1 saturated heterocycles. The van der Waals surface area contributed by atoms with Gasteiger partial charge in [0, 0.05) is 19.7 Å². The van der Waals surface area contributed by atoms with E-state index >= 15 is 0 Å². The molecule has 1 aliphatic heterocycles. The molecule has 0 aliphatic carbocycles. The normalized spacial score (nSPS) is 23.6. The summed E-state index contributed by atoms with van der Waals surface area (Å²) in [5.74, 6) is 0.734. The summed E-state index contributed by atoms with van der Waals surface area (Å²) in [6.07, 6.45) is 2.08. The van der Waals surface area contributed by atoms with Crippen molar-refractivity contribution in [2.75, 3.05) is 32.0 Å². The van der Waals surface area contributed by atoms with Crippen molar-refractivity contribution in [3.63, 3.8) is 0 Å². The SMILES string of the molecule is CCNC(=NCC1(C)CCCO1)NCCS(=O)(=O)C(C)(C)C. The average Bonchev–Trinajstić information content (AvgIpc) is 2.82. The second-order valence-corrected chi connectivity index (χ2v) is 9.82. The molecule has 22 heavy (non-hydrogen) atoms. The molecule has 0 aromatic carbocycles. The first kappa shape index (κ1) is 19.2. The third-order valence-corrected chi connectivity index (χ3v) is 6.42. The maximum atomic E-state index is 12.1. The van der Waals surface area contributed by atoms with Gasteiger partial charge in [-0.15, -0.1) is 0 Å². The Kier molecular flexibility index (Phi) is 6.67. The van der Waals surface area contributed by atoms with Crippen LogP contribution in [0.5, 0.6) is 0 Å². The van der Waals surface area contributed by atoms with E-state index in [0.717, 1.165) is 26.0 Å². The third-order valence-electron chi connectivity index (χ3n) is 3.81. The van der Waals surface area contributed by atoms with Gasteiger partial charge in [0.25, 0.3) is 0 Å². The lowest BCUT2D eigenvalue weighted by Gasteiger charge is -2.22. The van der Waals surface area contributed by atoms with Gasteiger partial charge in [-0.3, -0.25) is 4.99 Å². The largest absolute Gasteiger partial charge is 0.373 e.